The van der Waals surface area contributed by atoms with Crippen LogP contribution in [0.25, 0.3) is 6.08 Å². The molecule has 0 saturated carbocycles. The summed E-state index contributed by atoms with van der Waals surface area (Å²) < 4.78 is 0. The third kappa shape index (κ3) is 6.85. The van der Waals surface area contributed by atoms with E-state index in [9.17, 15) is 14.4 Å². The fourth-order valence-electron chi connectivity index (χ4n) is 2.86. The van der Waals surface area contributed by atoms with Gasteiger partial charge in [0.15, 0.2) is 5.13 Å². The molecule has 0 fully saturated rings. The highest BCUT2D eigenvalue weighted by atomic mass is 32.1. The number of aromatic nitrogens is 1. The summed E-state index contributed by atoms with van der Waals surface area (Å²) in [5.74, 6) is -0.526. The second kappa shape index (κ2) is 11.2. The first kappa shape index (κ1) is 23.9. The van der Waals surface area contributed by atoms with Crippen molar-refractivity contribution in [3.8, 4) is 0 Å². The molecule has 0 spiro atoms. The van der Waals surface area contributed by atoms with Crippen molar-refractivity contribution in [2.75, 3.05) is 10.2 Å². The summed E-state index contributed by atoms with van der Waals surface area (Å²) in [4.78, 5) is 42.1. The molecule has 3 rings (SSSR count). The van der Waals surface area contributed by atoms with Crippen molar-refractivity contribution >= 4 is 51.6 Å². The van der Waals surface area contributed by atoms with Crippen molar-refractivity contribution in [2.45, 2.75) is 27.3 Å². The fourth-order valence-corrected chi connectivity index (χ4v) is 3.72. The van der Waals surface area contributed by atoms with E-state index in [2.05, 4.69) is 15.6 Å². The smallest absolute Gasteiger partial charge is 0.244 e. The van der Waals surface area contributed by atoms with Gasteiger partial charge >= 0.3 is 0 Å². The monoisotopic (exact) mass is 462 g/mol. The second-order valence-corrected chi connectivity index (χ2v) is 8.47. The molecule has 3 amide bonds. The van der Waals surface area contributed by atoms with E-state index in [1.807, 2.05) is 68.4 Å². The topological polar surface area (TPSA) is 91.4 Å². The minimum absolute atomic E-state index is 0.0402. The standard InChI is InChI=1S/C25H26N4O3S/c1-17(2)24(32)27-20-11-9-19(10-12-20)15-26-23(31)14-13-21-16-33-25(28-21)29(18(3)30)22-7-5-4-6-8-22/h4-14,16-17H,15H2,1-3H3,(H,26,31)(H,27,32)/b14-13+. The molecule has 170 valence electrons. The zero-order valence-electron chi connectivity index (χ0n) is 18.7. The SMILES string of the molecule is CC(=O)N(c1ccccc1)c1nc(/C=C/C(=O)NCc2ccc(NC(=O)C(C)C)cc2)cs1. The average Bonchev–Trinajstić information content (AvgIpc) is 3.26. The van der Waals surface area contributed by atoms with E-state index in [4.69, 9.17) is 0 Å². The normalized spacial score (nSPS) is 10.9. The summed E-state index contributed by atoms with van der Waals surface area (Å²) in [6.07, 6.45) is 3.03. The van der Waals surface area contributed by atoms with E-state index >= 15 is 0 Å². The Balaban J connectivity index is 1.55. The van der Waals surface area contributed by atoms with Crippen LogP contribution in [0, 0.1) is 5.92 Å². The molecule has 0 atom stereocenters. The zero-order valence-corrected chi connectivity index (χ0v) is 19.6. The van der Waals surface area contributed by atoms with Crippen LogP contribution in [0.5, 0.6) is 0 Å². The van der Waals surface area contributed by atoms with Gasteiger partial charge in [0.1, 0.15) is 0 Å². The van der Waals surface area contributed by atoms with Crippen molar-refractivity contribution in [3.63, 3.8) is 0 Å². The van der Waals surface area contributed by atoms with Crippen LogP contribution in [0.4, 0.5) is 16.5 Å². The van der Waals surface area contributed by atoms with E-state index in [1.54, 1.807) is 11.5 Å². The first-order valence-corrected chi connectivity index (χ1v) is 11.4. The maximum absolute atomic E-state index is 12.2. The van der Waals surface area contributed by atoms with Crippen molar-refractivity contribution in [1.29, 1.82) is 0 Å². The van der Waals surface area contributed by atoms with Gasteiger partial charge in [-0.1, -0.05) is 44.2 Å². The number of hydrogen-bond donors (Lipinski definition) is 2. The average molecular weight is 463 g/mol. The van der Waals surface area contributed by atoms with Gasteiger partial charge in [0.25, 0.3) is 0 Å². The maximum atomic E-state index is 12.2. The van der Waals surface area contributed by atoms with Crippen molar-refractivity contribution in [2.24, 2.45) is 5.92 Å². The summed E-state index contributed by atoms with van der Waals surface area (Å²) in [6.45, 7) is 5.52. The van der Waals surface area contributed by atoms with E-state index in [0.29, 0.717) is 17.4 Å². The van der Waals surface area contributed by atoms with Crippen molar-refractivity contribution in [1.82, 2.24) is 10.3 Å². The Hall–Kier alpha value is -3.78. The van der Waals surface area contributed by atoms with Crippen LogP contribution in [0.2, 0.25) is 0 Å². The summed E-state index contributed by atoms with van der Waals surface area (Å²) in [5, 5.41) is 7.98. The van der Waals surface area contributed by atoms with Gasteiger partial charge in [-0.3, -0.25) is 19.3 Å². The van der Waals surface area contributed by atoms with Gasteiger partial charge in [0.05, 0.1) is 11.4 Å². The first-order valence-electron chi connectivity index (χ1n) is 10.5. The molecule has 0 aliphatic heterocycles. The third-order valence-electron chi connectivity index (χ3n) is 4.65. The van der Waals surface area contributed by atoms with E-state index in [-0.39, 0.29) is 23.6 Å². The number of hydrogen-bond acceptors (Lipinski definition) is 5. The highest BCUT2D eigenvalue weighted by Crippen LogP contribution is 2.29. The molecule has 1 aromatic heterocycles. The number of anilines is 3. The lowest BCUT2D eigenvalue weighted by molar-refractivity contribution is -0.119. The highest BCUT2D eigenvalue weighted by Gasteiger charge is 2.17. The Bertz CT molecular complexity index is 1140. The van der Waals surface area contributed by atoms with Gasteiger partial charge in [0, 0.05) is 36.5 Å². The molecule has 0 aliphatic carbocycles. The molecule has 2 N–H and O–H groups in total. The molecule has 0 aliphatic rings. The van der Waals surface area contributed by atoms with E-state index < -0.39 is 0 Å². The molecule has 33 heavy (non-hydrogen) atoms. The zero-order chi connectivity index (χ0) is 23.8. The molecule has 0 bridgehead atoms. The number of rotatable bonds is 8. The number of benzene rings is 2. The predicted octanol–water partition coefficient (Wildman–Crippen LogP) is 4.75. The van der Waals surface area contributed by atoms with Crippen molar-refractivity contribution < 1.29 is 14.4 Å². The first-order chi connectivity index (χ1) is 15.8. The van der Waals surface area contributed by atoms with E-state index in [1.165, 1.54) is 29.2 Å². The van der Waals surface area contributed by atoms with Crippen LogP contribution in [0.3, 0.4) is 0 Å². The third-order valence-corrected chi connectivity index (χ3v) is 5.49. The van der Waals surface area contributed by atoms with Gasteiger partial charge in [-0.05, 0) is 35.9 Å². The Morgan fingerprint density at radius 2 is 1.76 bits per heavy atom. The Labute approximate surface area is 197 Å². The molecule has 2 aromatic carbocycles. The molecule has 1 heterocycles. The Morgan fingerprint density at radius 3 is 2.39 bits per heavy atom. The Morgan fingerprint density at radius 1 is 1.06 bits per heavy atom. The molecular weight excluding hydrogens is 436 g/mol. The number of amides is 3. The number of thiazole rings is 1. The van der Waals surface area contributed by atoms with Crippen LogP contribution >= 0.6 is 11.3 Å². The number of nitrogens with one attached hydrogen (secondary N) is 2. The summed E-state index contributed by atoms with van der Waals surface area (Å²) in [5.41, 5.74) is 2.97. The fraction of sp³-hybridized carbons (Fsp3) is 0.200. The van der Waals surface area contributed by atoms with Crippen LogP contribution in [0.1, 0.15) is 32.0 Å². The summed E-state index contributed by atoms with van der Waals surface area (Å²) >= 11 is 1.33. The van der Waals surface area contributed by atoms with Crippen LogP contribution in [0.15, 0.2) is 66.1 Å². The number of carbonyl (C=O) groups is 3. The van der Waals surface area contributed by atoms with Gasteiger partial charge in [-0.25, -0.2) is 4.98 Å². The van der Waals surface area contributed by atoms with E-state index in [0.717, 1.165) is 16.9 Å². The summed E-state index contributed by atoms with van der Waals surface area (Å²) in [6, 6.07) is 16.6. The minimum Gasteiger partial charge on any atom is -0.348 e. The van der Waals surface area contributed by atoms with Gasteiger partial charge in [-0.15, -0.1) is 11.3 Å². The van der Waals surface area contributed by atoms with Gasteiger partial charge in [0.2, 0.25) is 17.7 Å². The predicted molar refractivity (Wildman–Crippen MR) is 132 cm³/mol. The largest absolute Gasteiger partial charge is 0.348 e. The quantitative estimate of drug-likeness (QED) is 0.473. The highest BCUT2D eigenvalue weighted by molar-refractivity contribution is 7.14. The number of carbonyl (C=O) groups excluding carboxylic acids is 3. The van der Waals surface area contributed by atoms with Crippen LogP contribution < -0.4 is 15.5 Å². The van der Waals surface area contributed by atoms with Gasteiger partial charge < -0.3 is 10.6 Å². The van der Waals surface area contributed by atoms with Gasteiger partial charge in [-0.2, -0.15) is 0 Å². The molecule has 0 saturated heterocycles. The van der Waals surface area contributed by atoms with Crippen molar-refractivity contribution in [3.05, 3.63) is 77.3 Å². The molecule has 3 aromatic rings. The molecule has 8 heteroatoms. The molecule has 7 nitrogen and oxygen atoms in total. The maximum Gasteiger partial charge on any atom is 0.244 e. The minimum atomic E-state index is -0.256. The second-order valence-electron chi connectivity index (χ2n) is 7.64. The van der Waals surface area contributed by atoms with Crippen LogP contribution in [-0.4, -0.2) is 22.7 Å². The molecular formula is C25H26N4O3S. The Kier molecular flexibility index (Phi) is 8.10. The van der Waals surface area contributed by atoms with Crippen LogP contribution in [-0.2, 0) is 20.9 Å². The lowest BCUT2D eigenvalue weighted by Gasteiger charge is -2.17. The molecule has 0 unspecified atom stereocenters. The lowest BCUT2D eigenvalue weighted by Crippen LogP contribution is -2.22. The number of nitrogens with zero attached hydrogens (tertiary/aromatic N) is 2. The molecule has 0 radical (unpaired) electrons. The summed E-state index contributed by atoms with van der Waals surface area (Å²) in [7, 11) is 0. The number of para-hydroxylation sites is 1. The lowest BCUT2D eigenvalue weighted by atomic mass is 10.1.